The third-order valence-electron chi connectivity index (χ3n) is 4.57. The Balaban J connectivity index is 1.77. The van der Waals surface area contributed by atoms with E-state index in [0.717, 1.165) is 5.56 Å². The Morgan fingerprint density at radius 2 is 1.93 bits per heavy atom. The second-order valence-electron chi connectivity index (χ2n) is 6.57. The van der Waals surface area contributed by atoms with Gasteiger partial charge in [-0.1, -0.05) is 35.5 Å². The Labute approximate surface area is 164 Å². The number of alkyl halides is 1. The number of hydrogen-bond acceptors (Lipinski definition) is 5. The van der Waals surface area contributed by atoms with E-state index in [1.165, 1.54) is 4.90 Å². The van der Waals surface area contributed by atoms with Gasteiger partial charge in [0.2, 0.25) is 11.7 Å². The Kier molecular flexibility index (Phi) is 4.68. The lowest BCUT2D eigenvalue weighted by Crippen LogP contribution is -2.30. The van der Waals surface area contributed by atoms with E-state index in [9.17, 15) is 14.0 Å². The highest BCUT2D eigenvalue weighted by molar-refractivity contribution is 6.82. The number of aromatic nitrogens is 2. The summed E-state index contributed by atoms with van der Waals surface area (Å²) in [6.07, 6.45) is -0.558. The van der Waals surface area contributed by atoms with Crippen molar-refractivity contribution < 1.29 is 18.5 Å². The molecule has 1 aliphatic rings. The summed E-state index contributed by atoms with van der Waals surface area (Å²) in [4.78, 5) is 29.7. The van der Waals surface area contributed by atoms with Gasteiger partial charge in [0.1, 0.15) is 6.17 Å². The van der Waals surface area contributed by atoms with E-state index in [-0.39, 0.29) is 17.6 Å². The summed E-state index contributed by atoms with van der Waals surface area (Å²) in [7, 11) is 0. The predicted molar refractivity (Wildman–Crippen MR) is 101 cm³/mol. The predicted octanol–water partition coefficient (Wildman–Crippen LogP) is 4.30. The molecule has 1 aliphatic carbocycles. The molecule has 6 nitrogen and oxygen atoms in total. The molecule has 0 saturated heterocycles. The quantitative estimate of drug-likeness (QED) is 0.472. The van der Waals surface area contributed by atoms with E-state index in [2.05, 4.69) is 10.1 Å². The summed E-state index contributed by atoms with van der Waals surface area (Å²) in [5.74, 6) is -0.674. The molecule has 142 valence electrons. The maximum Gasteiger partial charge on any atom is 0.315 e. The van der Waals surface area contributed by atoms with Crippen LogP contribution in [-0.4, -0.2) is 27.5 Å². The molecule has 28 heavy (non-hydrogen) atoms. The van der Waals surface area contributed by atoms with Crippen molar-refractivity contribution in [2.24, 2.45) is 0 Å². The molecule has 1 heterocycles. The number of aryl methyl sites for hydroxylation is 1. The average Bonchev–Trinajstić information content (AvgIpc) is 3.22. The van der Waals surface area contributed by atoms with Crippen LogP contribution < -0.4 is 4.90 Å². The number of nitrogens with zero attached hydrogens (tertiary/aromatic N) is 3. The first kappa shape index (κ1) is 18.3. The SMILES string of the molecule is Cc1ccc(-c2noc([C@H]3C[C@@H]3F)n2)cc1N(C(=O)C(=O)Cl)c1ccccc1. The van der Waals surface area contributed by atoms with E-state index in [1.54, 1.807) is 55.5 Å². The highest BCUT2D eigenvalue weighted by atomic mass is 35.5. The van der Waals surface area contributed by atoms with Crippen LogP contribution in [0.25, 0.3) is 11.4 Å². The molecule has 0 unspecified atom stereocenters. The van der Waals surface area contributed by atoms with Gasteiger partial charge in [-0.25, -0.2) is 4.39 Å². The first-order chi connectivity index (χ1) is 13.5. The average molecular weight is 400 g/mol. The van der Waals surface area contributed by atoms with Crippen molar-refractivity contribution in [3.8, 4) is 11.4 Å². The number of anilines is 2. The lowest BCUT2D eigenvalue weighted by atomic mass is 10.1. The third kappa shape index (κ3) is 3.41. The molecular formula is C20H15ClFN3O3. The van der Waals surface area contributed by atoms with Gasteiger partial charge >= 0.3 is 11.1 Å². The number of carbonyl (C=O) groups excluding carboxylic acids is 2. The van der Waals surface area contributed by atoms with Gasteiger partial charge in [0.25, 0.3) is 0 Å². The Bertz CT molecular complexity index is 1050. The number of benzene rings is 2. The molecule has 1 saturated carbocycles. The van der Waals surface area contributed by atoms with E-state index < -0.39 is 17.3 Å². The monoisotopic (exact) mass is 399 g/mol. The van der Waals surface area contributed by atoms with Gasteiger partial charge in [0.05, 0.1) is 11.6 Å². The van der Waals surface area contributed by atoms with Gasteiger partial charge in [0.15, 0.2) is 0 Å². The second-order valence-corrected chi connectivity index (χ2v) is 6.91. The van der Waals surface area contributed by atoms with Crippen LogP contribution in [0.3, 0.4) is 0 Å². The van der Waals surface area contributed by atoms with Crippen LogP contribution in [0.15, 0.2) is 53.1 Å². The standard InChI is InChI=1S/C20H15ClFN3O3/c1-11-7-8-12(18-23-19(28-24-18)14-10-15(14)22)9-16(11)25(20(27)17(21)26)13-5-3-2-4-6-13/h2-9,14-15H,10H2,1H3/t14-,15-/m0/s1. The number of rotatable bonds is 5. The zero-order valence-corrected chi connectivity index (χ0v) is 15.6. The Morgan fingerprint density at radius 3 is 2.57 bits per heavy atom. The van der Waals surface area contributed by atoms with Crippen molar-refractivity contribution in [3.63, 3.8) is 0 Å². The van der Waals surface area contributed by atoms with Gasteiger partial charge in [-0.05, 0) is 48.7 Å². The topological polar surface area (TPSA) is 76.3 Å². The van der Waals surface area contributed by atoms with Crippen molar-refractivity contribution >= 4 is 34.1 Å². The molecule has 0 spiro atoms. The first-order valence-electron chi connectivity index (χ1n) is 8.63. The minimum absolute atomic E-state index is 0.261. The van der Waals surface area contributed by atoms with Crippen LogP contribution in [-0.2, 0) is 9.59 Å². The highest BCUT2D eigenvalue weighted by Crippen LogP contribution is 2.43. The first-order valence-corrected chi connectivity index (χ1v) is 9.01. The van der Waals surface area contributed by atoms with Gasteiger partial charge in [-0.15, -0.1) is 0 Å². The normalized spacial score (nSPS) is 18.0. The molecular weight excluding hydrogens is 385 g/mol. The largest absolute Gasteiger partial charge is 0.339 e. The van der Waals surface area contributed by atoms with E-state index >= 15 is 0 Å². The third-order valence-corrected chi connectivity index (χ3v) is 4.73. The smallest absolute Gasteiger partial charge is 0.315 e. The summed E-state index contributed by atoms with van der Waals surface area (Å²) in [5, 5.41) is 2.82. The van der Waals surface area contributed by atoms with Crippen molar-refractivity contribution in [2.75, 3.05) is 4.90 Å². The minimum atomic E-state index is -1.10. The molecule has 2 aromatic carbocycles. The molecule has 0 bridgehead atoms. The van der Waals surface area contributed by atoms with E-state index in [4.69, 9.17) is 16.1 Å². The summed E-state index contributed by atoms with van der Waals surface area (Å²) >= 11 is 5.49. The number of halogens is 2. The fourth-order valence-corrected chi connectivity index (χ4v) is 3.03. The van der Waals surface area contributed by atoms with Crippen molar-refractivity contribution in [3.05, 3.63) is 60.0 Å². The number of para-hydroxylation sites is 1. The molecule has 0 radical (unpaired) electrons. The summed E-state index contributed by atoms with van der Waals surface area (Å²) < 4.78 is 18.4. The molecule has 1 amide bonds. The van der Waals surface area contributed by atoms with Crippen LogP contribution in [0, 0.1) is 6.92 Å². The maximum atomic E-state index is 13.2. The van der Waals surface area contributed by atoms with Crippen LogP contribution in [0.1, 0.15) is 23.8 Å². The van der Waals surface area contributed by atoms with Crippen LogP contribution >= 0.6 is 11.6 Å². The lowest BCUT2D eigenvalue weighted by Gasteiger charge is -2.23. The molecule has 4 rings (SSSR count). The number of hydrogen-bond donors (Lipinski definition) is 0. The molecule has 1 aromatic heterocycles. The summed E-state index contributed by atoms with van der Waals surface area (Å²) in [5.41, 5.74) is 2.27. The zero-order valence-electron chi connectivity index (χ0n) is 14.8. The van der Waals surface area contributed by atoms with Crippen LogP contribution in [0.2, 0.25) is 0 Å². The molecule has 3 aromatic rings. The summed E-state index contributed by atoms with van der Waals surface area (Å²) in [6, 6.07) is 13.9. The zero-order chi connectivity index (χ0) is 19.8. The van der Waals surface area contributed by atoms with E-state index in [1.807, 2.05) is 0 Å². The molecule has 0 N–H and O–H groups in total. The Hall–Kier alpha value is -3.06. The van der Waals surface area contributed by atoms with Gasteiger partial charge in [-0.2, -0.15) is 4.98 Å². The molecule has 2 atom stereocenters. The van der Waals surface area contributed by atoms with E-state index in [0.29, 0.717) is 23.4 Å². The maximum absolute atomic E-state index is 13.2. The molecule has 8 heteroatoms. The Morgan fingerprint density at radius 1 is 1.21 bits per heavy atom. The number of carbonyl (C=O) groups is 2. The summed E-state index contributed by atoms with van der Waals surface area (Å²) in [6.45, 7) is 1.81. The van der Waals surface area contributed by atoms with Gasteiger partial charge in [0, 0.05) is 11.3 Å². The molecule has 1 fully saturated rings. The lowest BCUT2D eigenvalue weighted by molar-refractivity contribution is -0.131. The fraction of sp³-hybridized carbons (Fsp3) is 0.200. The van der Waals surface area contributed by atoms with Crippen LogP contribution in [0.5, 0.6) is 0 Å². The van der Waals surface area contributed by atoms with Crippen molar-refractivity contribution in [2.45, 2.75) is 25.4 Å². The fourth-order valence-electron chi connectivity index (χ4n) is 2.94. The van der Waals surface area contributed by atoms with Crippen molar-refractivity contribution in [1.82, 2.24) is 10.1 Å². The van der Waals surface area contributed by atoms with Gasteiger partial charge in [-0.3, -0.25) is 14.5 Å². The molecule has 0 aliphatic heterocycles. The minimum Gasteiger partial charge on any atom is -0.339 e. The highest BCUT2D eigenvalue weighted by Gasteiger charge is 2.43. The van der Waals surface area contributed by atoms with Gasteiger partial charge < -0.3 is 4.52 Å². The van der Waals surface area contributed by atoms with Crippen molar-refractivity contribution in [1.29, 1.82) is 0 Å². The second kappa shape index (κ2) is 7.16. The van der Waals surface area contributed by atoms with Crippen LogP contribution in [0.4, 0.5) is 15.8 Å². The number of amides is 1.